The molecule has 1 aliphatic carbocycles. The van der Waals surface area contributed by atoms with Crippen molar-refractivity contribution in [3.8, 4) is 0 Å². The smallest absolute Gasteiger partial charge is 0.357 e. The number of rotatable bonds is 2. The van der Waals surface area contributed by atoms with Gasteiger partial charge in [0, 0.05) is 10.7 Å². The van der Waals surface area contributed by atoms with Crippen LogP contribution in [0.4, 0.5) is 0 Å². The fourth-order valence-corrected chi connectivity index (χ4v) is 2.15. The molecule has 0 unspecified atom stereocenters. The monoisotopic (exact) mass is 281 g/mol. The molecule has 4 heteroatoms. The number of carbonyl (C=O) groups excluding carboxylic acids is 1. The van der Waals surface area contributed by atoms with Crippen molar-refractivity contribution >= 4 is 21.9 Å². The van der Waals surface area contributed by atoms with Crippen LogP contribution in [-0.2, 0) is 4.74 Å². The van der Waals surface area contributed by atoms with E-state index in [2.05, 4.69) is 27.0 Å². The van der Waals surface area contributed by atoms with Crippen LogP contribution in [0.15, 0.2) is 35.0 Å². The molecule has 0 aromatic carbocycles. The summed E-state index contributed by atoms with van der Waals surface area (Å²) in [5.41, 5.74) is 0.355. The van der Waals surface area contributed by atoms with E-state index in [1.165, 1.54) is 0 Å². The Morgan fingerprint density at radius 3 is 3.06 bits per heavy atom. The Morgan fingerprint density at radius 2 is 2.38 bits per heavy atom. The highest BCUT2D eigenvalue weighted by atomic mass is 79.9. The Balaban J connectivity index is 2.03. The molecule has 1 aliphatic rings. The Kier molecular flexibility index (Phi) is 3.72. The highest BCUT2D eigenvalue weighted by molar-refractivity contribution is 9.11. The molecule has 0 fully saturated rings. The zero-order valence-corrected chi connectivity index (χ0v) is 10.3. The molecule has 1 heterocycles. The molecule has 1 aromatic heterocycles. The lowest BCUT2D eigenvalue weighted by atomic mass is 10.1. The number of nitrogens with zero attached hydrogens (tertiary/aromatic N) is 1. The third-order valence-corrected chi connectivity index (χ3v) is 3.28. The van der Waals surface area contributed by atoms with E-state index < -0.39 is 0 Å². The predicted molar refractivity (Wildman–Crippen MR) is 64.3 cm³/mol. The van der Waals surface area contributed by atoms with Gasteiger partial charge < -0.3 is 4.74 Å². The third kappa shape index (κ3) is 2.70. The summed E-state index contributed by atoms with van der Waals surface area (Å²) in [5, 5.41) is 0. The van der Waals surface area contributed by atoms with Crippen LogP contribution in [0.3, 0.4) is 0 Å². The average Bonchev–Trinajstić information content (AvgIpc) is 2.33. The standard InChI is InChI=1S/C12H12BrNO2/c13-9-5-1-2-7-11(9)16-12(15)10-6-3-4-8-14-10/h3-6,8,11H,1-2,7H2/t11-/m1/s1. The van der Waals surface area contributed by atoms with Gasteiger partial charge in [-0.15, -0.1) is 0 Å². The first-order valence-electron chi connectivity index (χ1n) is 5.25. The fourth-order valence-electron chi connectivity index (χ4n) is 1.60. The topological polar surface area (TPSA) is 39.2 Å². The van der Waals surface area contributed by atoms with E-state index in [1.54, 1.807) is 24.4 Å². The van der Waals surface area contributed by atoms with Crippen LogP contribution in [0.2, 0.25) is 0 Å². The van der Waals surface area contributed by atoms with E-state index in [0.717, 1.165) is 23.7 Å². The highest BCUT2D eigenvalue weighted by Crippen LogP contribution is 2.26. The maximum absolute atomic E-state index is 11.7. The van der Waals surface area contributed by atoms with Gasteiger partial charge in [-0.05, 0) is 31.4 Å². The van der Waals surface area contributed by atoms with Crippen LogP contribution in [-0.4, -0.2) is 17.1 Å². The first kappa shape index (κ1) is 11.3. The molecule has 3 nitrogen and oxygen atoms in total. The second-order valence-electron chi connectivity index (χ2n) is 3.63. The zero-order valence-electron chi connectivity index (χ0n) is 8.73. The Hall–Kier alpha value is -1.16. The minimum absolute atomic E-state index is 0.150. The number of halogens is 1. The van der Waals surface area contributed by atoms with Crippen LogP contribution in [0.25, 0.3) is 0 Å². The first-order valence-corrected chi connectivity index (χ1v) is 6.04. The molecule has 0 N–H and O–H groups in total. The minimum atomic E-state index is -0.363. The molecule has 0 saturated carbocycles. The minimum Gasteiger partial charge on any atom is -0.452 e. The van der Waals surface area contributed by atoms with Gasteiger partial charge in [-0.25, -0.2) is 9.78 Å². The van der Waals surface area contributed by atoms with Crippen molar-refractivity contribution in [1.82, 2.24) is 4.98 Å². The van der Waals surface area contributed by atoms with Crippen LogP contribution in [0.1, 0.15) is 29.8 Å². The second-order valence-corrected chi connectivity index (χ2v) is 4.54. The van der Waals surface area contributed by atoms with Crippen molar-refractivity contribution in [2.75, 3.05) is 0 Å². The molecule has 0 spiro atoms. The number of carbonyl (C=O) groups is 1. The molecule has 0 aliphatic heterocycles. The molecule has 1 atom stereocenters. The third-order valence-electron chi connectivity index (χ3n) is 2.44. The highest BCUT2D eigenvalue weighted by Gasteiger charge is 2.21. The van der Waals surface area contributed by atoms with Gasteiger partial charge in [0.05, 0.1) is 0 Å². The molecular weight excluding hydrogens is 270 g/mol. The van der Waals surface area contributed by atoms with Gasteiger partial charge in [-0.3, -0.25) is 0 Å². The molecule has 84 valence electrons. The Labute approximate surface area is 103 Å². The van der Waals surface area contributed by atoms with E-state index in [-0.39, 0.29) is 12.1 Å². The Morgan fingerprint density at radius 1 is 1.50 bits per heavy atom. The van der Waals surface area contributed by atoms with Crippen LogP contribution >= 0.6 is 15.9 Å². The van der Waals surface area contributed by atoms with E-state index in [4.69, 9.17) is 4.74 Å². The number of allylic oxidation sites excluding steroid dienone is 1. The summed E-state index contributed by atoms with van der Waals surface area (Å²) in [4.78, 5) is 15.7. The molecule has 2 rings (SSSR count). The summed E-state index contributed by atoms with van der Waals surface area (Å²) in [6.07, 6.45) is 6.45. The van der Waals surface area contributed by atoms with Crippen molar-refractivity contribution in [3.63, 3.8) is 0 Å². The second kappa shape index (κ2) is 5.25. The summed E-state index contributed by atoms with van der Waals surface area (Å²) < 4.78 is 6.33. The van der Waals surface area contributed by atoms with Gasteiger partial charge in [-0.2, -0.15) is 0 Å². The number of esters is 1. The normalized spacial score (nSPS) is 20.1. The van der Waals surface area contributed by atoms with E-state index >= 15 is 0 Å². The Bertz CT molecular complexity index is 403. The largest absolute Gasteiger partial charge is 0.452 e. The maximum Gasteiger partial charge on any atom is 0.357 e. The number of aromatic nitrogens is 1. The average molecular weight is 282 g/mol. The molecule has 0 amide bonds. The van der Waals surface area contributed by atoms with Crippen molar-refractivity contribution in [1.29, 1.82) is 0 Å². The van der Waals surface area contributed by atoms with Crippen molar-refractivity contribution < 1.29 is 9.53 Å². The lowest BCUT2D eigenvalue weighted by molar-refractivity contribution is 0.0357. The van der Waals surface area contributed by atoms with E-state index in [9.17, 15) is 4.79 Å². The van der Waals surface area contributed by atoms with E-state index in [1.807, 2.05) is 0 Å². The van der Waals surface area contributed by atoms with Crippen molar-refractivity contribution in [2.24, 2.45) is 0 Å². The molecule has 0 bridgehead atoms. The summed E-state index contributed by atoms with van der Waals surface area (Å²) in [7, 11) is 0. The van der Waals surface area contributed by atoms with Gasteiger partial charge in [0.1, 0.15) is 11.8 Å². The molecular formula is C12H12BrNO2. The van der Waals surface area contributed by atoms with Crippen LogP contribution in [0.5, 0.6) is 0 Å². The van der Waals surface area contributed by atoms with Gasteiger partial charge >= 0.3 is 5.97 Å². The summed E-state index contributed by atoms with van der Waals surface area (Å²) in [6, 6.07) is 5.20. The van der Waals surface area contributed by atoms with Gasteiger partial charge in [0.25, 0.3) is 0 Å². The molecule has 1 aromatic rings. The SMILES string of the molecule is O=C(O[C@@H]1CCCC=C1Br)c1ccccn1. The molecule has 16 heavy (non-hydrogen) atoms. The van der Waals surface area contributed by atoms with Crippen molar-refractivity contribution in [2.45, 2.75) is 25.4 Å². The summed E-state index contributed by atoms with van der Waals surface area (Å²) in [5.74, 6) is -0.363. The quantitative estimate of drug-likeness (QED) is 0.782. The van der Waals surface area contributed by atoms with Crippen LogP contribution in [0, 0.1) is 0 Å². The molecule has 0 radical (unpaired) electrons. The maximum atomic E-state index is 11.7. The lowest BCUT2D eigenvalue weighted by Crippen LogP contribution is -2.21. The number of ether oxygens (including phenoxy) is 1. The summed E-state index contributed by atoms with van der Waals surface area (Å²) in [6.45, 7) is 0. The summed E-state index contributed by atoms with van der Waals surface area (Å²) >= 11 is 3.42. The van der Waals surface area contributed by atoms with Crippen molar-refractivity contribution in [3.05, 3.63) is 40.6 Å². The number of hydrogen-bond acceptors (Lipinski definition) is 3. The van der Waals surface area contributed by atoms with Crippen LogP contribution < -0.4 is 0 Å². The number of pyridine rings is 1. The van der Waals surface area contributed by atoms with E-state index in [0.29, 0.717) is 5.69 Å². The lowest BCUT2D eigenvalue weighted by Gasteiger charge is -2.20. The van der Waals surface area contributed by atoms with Gasteiger partial charge in [-0.1, -0.05) is 28.1 Å². The fraction of sp³-hybridized carbons (Fsp3) is 0.333. The zero-order chi connectivity index (χ0) is 11.4. The number of hydrogen-bond donors (Lipinski definition) is 0. The first-order chi connectivity index (χ1) is 7.77. The van der Waals surface area contributed by atoms with Gasteiger partial charge in [0.15, 0.2) is 0 Å². The predicted octanol–water partition coefficient (Wildman–Crippen LogP) is 3.07. The molecule has 0 saturated heterocycles. The van der Waals surface area contributed by atoms with Gasteiger partial charge in [0.2, 0.25) is 0 Å².